The molecular weight excluding hydrogens is 399 g/mol. The predicted octanol–water partition coefficient (Wildman–Crippen LogP) is 3.39. The van der Waals surface area contributed by atoms with E-state index in [0.717, 1.165) is 18.5 Å². The zero-order chi connectivity index (χ0) is 22.5. The van der Waals surface area contributed by atoms with Gasteiger partial charge in [0.15, 0.2) is 6.61 Å². The first-order chi connectivity index (χ1) is 14.0. The maximum atomic E-state index is 12.9. The number of nitrogens with zero attached hydrogens (tertiary/aromatic N) is 3. The Morgan fingerprint density at radius 2 is 1.87 bits per heavy atom. The SMILES string of the molecule is C[C@@H](C1CC1)N(CC(F)(F)F)C(=O)COC(=O)/C(C#N)=C/c1ccc(N(C)C)cc1. The Morgan fingerprint density at radius 3 is 2.33 bits per heavy atom. The highest BCUT2D eigenvalue weighted by atomic mass is 19.4. The van der Waals surface area contributed by atoms with E-state index in [0.29, 0.717) is 10.5 Å². The van der Waals surface area contributed by atoms with E-state index in [1.54, 1.807) is 37.3 Å². The monoisotopic (exact) mass is 423 g/mol. The molecule has 0 heterocycles. The lowest BCUT2D eigenvalue weighted by atomic mass is 10.1. The van der Waals surface area contributed by atoms with Crippen LogP contribution >= 0.6 is 0 Å². The van der Waals surface area contributed by atoms with Crippen molar-refractivity contribution in [3.8, 4) is 6.07 Å². The fourth-order valence-corrected chi connectivity index (χ4v) is 2.95. The van der Waals surface area contributed by atoms with Crippen molar-refractivity contribution < 1.29 is 27.5 Å². The lowest BCUT2D eigenvalue weighted by Crippen LogP contribution is -2.47. The van der Waals surface area contributed by atoms with Crippen molar-refractivity contribution in [2.45, 2.75) is 32.0 Å². The summed E-state index contributed by atoms with van der Waals surface area (Å²) in [4.78, 5) is 27.1. The molecule has 1 aliphatic rings. The van der Waals surface area contributed by atoms with E-state index in [4.69, 9.17) is 4.74 Å². The van der Waals surface area contributed by atoms with Gasteiger partial charge in [-0.05, 0) is 49.5 Å². The fourth-order valence-electron chi connectivity index (χ4n) is 2.95. The number of carbonyl (C=O) groups excluding carboxylic acids is 2. The van der Waals surface area contributed by atoms with Crippen LogP contribution in [-0.4, -0.2) is 56.2 Å². The molecule has 162 valence electrons. The van der Waals surface area contributed by atoms with Gasteiger partial charge in [-0.15, -0.1) is 0 Å². The summed E-state index contributed by atoms with van der Waals surface area (Å²) in [5.41, 5.74) is 1.15. The topological polar surface area (TPSA) is 73.6 Å². The standard InChI is InChI=1S/C21H24F3N3O3/c1-14(16-6-7-16)27(13-21(22,23)24)19(28)12-30-20(29)17(11-25)10-15-4-8-18(9-5-15)26(2)3/h4-5,8-10,14,16H,6-7,12-13H2,1-3H3/b17-10+/t14-/m0/s1. The minimum atomic E-state index is -4.56. The minimum Gasteiger partial charge on any atom is -0.451 e. The largest absolute Gasteiger partial charge is 0.451 e. The van der Waals surface area contributed by atoms with E-state index in [2.05, 4.69) is 0 Å². The molecule has 0 radical (unpaired) electrons. The Bertz CT molecular complexity index is 838. The lowest BCUT2D eigenvalue weighted by Gasteiger charge is -2.30. The maximum absolute atomic E-state index is 12.9. The number of alkyl halides is 3. The molecule has 1 fully saturated rings. The molecule has 1 atom stereocenters. The van der Waals surface area contributed by atoms with Crippen LogP contribution in [0.4, 0.5) is 18.9 Å². The van der Waals surface area contributed by atoms with E-state index in [1.165, 1.54) is 6.08 Å². The number of benzene rings is 1. The van der Waals surface area contributed by atoms with Crippen LogP contribution in [0.15, 0.2) is 29.8 Å². The molecule has 6 nitrogen and oxygen atoms in total. The normalized spacial score (nSPS) is 15.2. The average molecular weight is 423 g/mol. The summed E-state index contributed by atoms with van der Waals surface area (Å²) in [7, 11) is 3.73. The van der Waals surface area contributed by atoms with Gasteiger partial charge in [-0.2, -0.15) is 18.4 Å². The number of halogens is 3. The first-order valence-corrected chi connectivity index (χ1v) is 9.44. The van der Waals surface area contributed by atoms with Gasteiger partial charge in [0.2, 0.25) is 0 Å². The molecule has 0 aromatic heterocycles. The van der Waals surface area contributed by atoms with Crippen LogP contribution in [0, 0.1) is 17.2 Å². The van der Waals surface area contributed by atoms with Gasteiger partial charge in [-0.1, -0.05) is 12.1 Å². The Kier molecular flexibility index (Phi) is 7.48. The Balaban J connectivity index is 2.03. The van der Waals surface area contributed by atoms with Gasteiger partial charge in [0.25, 0.3) is 5.91 Å². The second-order valence-corrected chi connectivity index (χ2v) is 7.45. The number of nitriles is 1. The molecule has 0 saturated heterocycles. The van der Waals surface area contributed by atoms with Crippen molar-refractivity contribution in [2.75, 3.05) is 32.1 Å². The third-order valence-electron chi connectivity index (χ3n) is 4.85. The molecule has 0 unspecified atom stereocenters. The molecule has 1 amide bonds. The van der Waals surface area contributed by atoms with Crippen LogP contribution in [-0.2, 0) is 14.3 Å². The van der Waals surface area contributed by atoms with Crippen molar-refractivity contribution in [3.63, 3.8) is 0 Å². The summed E-state index contributed by atoms with van der Waals surface area (Å²) in [5, 5.41) is 9.23. The van der Waals surface area contributed by atoms with Crippen molar-refractivity contribution in [2.24, 2.45) is 5.92 Å². The van der Waals surface area contributed by atoms with Crippen LogP contribution in [0.5, 0.6) is 0 Å². The van der Waals surface area contributed by atoms with Gasteiger partial charge in [0.05, 0.1) is 0 Å². The summed E-state index contributed by atoms with van der Waals surface area (Å²) in [6, 6.07) is 8.10. The van der Waals surface area contributed by atoms with Crippen LogP contribution in [0.2, 0.25) is 0 Å². The molecule has 1 aromatic rings. The average Bonchev–Trinajstić information content (AvgIpc) is 3.52. The Morgan fingerprint density at radius 1 is 1.27 bits per heavy atom. The fraction of sp³-hybridized carbons (Fsp3) is 0.476. The van der Waals surface area contributed by atoms with Crippen molar-refractivity contribution in [1.29, 1.82) is 5.26 Å². The summed E-state index contributed by atoms with van der Waals surface area (Å²) >= 11 is 0. The summed E-state index contributed by atoms with van der Waals surface area (Å²) in [6.07, 6.45) is -1.74. The van der Waals surface area contributed by atoms with Crippen molar-refractivity contribution >= 4 is 23.6 Å². The molecule has 0 bridgehead atoms. The molecule has 0 spiro atoms. The third-order valence-corrected chi connectivity index (χ3v) is 4.85. The second kappa shape index (κ2) is 9.65. The van der Waals surface area contributed by atoms with Crippen LogP contribution < -0.4 is 4.90 Å². The molecule has 0 N–H and O–H groups in total. The maximum Gasteiger partial charge on any atom is 0.406 e. The number of hydrogen-bond donors (Lipinski definition) is 0. The molecule has 0 aliphatic heterocycles. The predicted molar refractivity (Wildman–Crippen MR) is 105 cm³/mol. The number of amides is 1. The zero-order valence-corrected chi connectivity index (χ0v) is 17.1. The van der Waals surface area contributed by atoms with Gasteiger partial charge in [-0.3, -0.25) is 4.79 Å². The molecular formula is C21H24F3N3O3. The molecule has 1 aliphatic carbocycles. The number of hydrogen-bond acceptors (Lipinski definition) is 5. The highest BCUT2D eigenvalue weighted by Gasteiger charge is 2.40. The van der Waals surface area contributed by atoms with E-state index >= 15 is 0 Å². The molecule has 2 rings (SSSR count). The molecule has 30 heavy (non-hydrogen) atoms. The molecule has 9 heteroatoms. The highest BCUT2D eigenvalue weighted by molar-refractivity contribution is 5.98. The zero-order valence-electron chi connectivity index (χ0n) is 17.1. The summed E-state index contributed by atoms with van der Waals surface area (Å²) in [6.45, 7) is -0.702. The first-order valence-electron chi connectivity index (χ1n) is 9.44. The number of esters is 1. The van der Waals surface area contributed by atoms with Gasteiger partial charge in [0.1, 0.15) is 18.2 Å². The van der Waals surface area contributed by atoms with Crippen LogP contribution in [0.3, 0.4) is 0 Å². The van der Waals surface area contributed by atoms with Crippen LogP contribution in [0.25, 0.3) is 6.08 Å². The Hall–Kier alpha value is -3.02. The van der Waals surface area contributed by atoms with E-state index < -0.39 is 37.2 Å². The summed E-state index contributed by atoms with van der Waals surface area (Å²) in [5.74, 6) is -1.98. The van der Waals surface area contributed by atoms with Crippen molar-refractivity contribution in [1.82, 2.24) is 4.90 Å². The number of carbonyl (C=O) groups is 2. The van der Waals surface area contributed by atoms with Crippen LogP contribution in [0.1, 0.15) is 25.3 Å². The third kappa shape index (κ3) is 6.79. The van der Waals surface area contributed by atoms with E-state index in [9.17, 15) is 28.0 Å². The van der Waals surface area contributed by atoms with Gasteiger partial charge in [-0.25, -0.2) is 4.79 Å². The minimum absolute atomic E-state index is 0.0201. The van der Waals surface area contributed by atoms with Gasteiger partial charge in [0, 0.05) is 25.8 Å². The van der Waals surface area contributed by atoms with Gasteiger partial charge >= 0.3 is 12.1 Å². The number of ether oxygens (including phenoxy) is 1. The van der Waals surface area contributed by atoms with E-state index in [1.807, 2.05) is 19.0 Å². The van der Waals surface area contributed by atoms with Crippen molar-refractivity contribution in [3.05, 3.63) is 35.4 Å². The lowest BCUT2D eigenvalue weighted by molar-refractivity contribution is -0.170. The smallest absolute Gasteiger partial charge is 0.406 e. The number of rotatable bonds is 8. The molecule has 1 aromatic carbocycles. The Labute approximate surface area is 173 Å². The first kappa shape index (κ1) is 23.3. The highest BCUT2D eigenvalue weighted by Crippen LogP contribution is 2.36. The number of anilines is 1. The quantitative estimate of drug-likeness (QED) is 0.364. The van der Waals surface area contributed by atoms with Gasteiger partial charge < -0.3 is 14.5 Å². The molecule has 1 saturated carbocycles. The van der Waals surface area contributed by atoms with E-state index in [-0.39, 0.29) is 11.5 Å². The summed E-state index contributed by atoms with van der Waals surface area (Å²) < 4.78 is 43.4. The second-order valence-electron chi connectivity index (χ2n) is 7.45.